The number of benzene rings is 3. The predicted molar refractivity (Wildman–Crippen MR) is 122 cm³/mol. The van der Waals surface area contributed by atoms with Crippen LogP contribution in [0.2, 0.25) is 0 Å². The number of nitrogens with zero attached hydrogens (tertiary/aromatic N) is 4. The summed E-state index contributed by atoms with van der Waals surface area (Å²) in [6, 6.07) is 23.8. The molecule has 0 bridgehead atoms. The van der Waals surface area contributed by atoms with Crippen LogP contribution in [-0.4, -0.2) is 25.7 Å². The molecule has 2 heterocycles. The maximum atomic E-state index is 12.8. The Kier molecular flexibility index (Phi) is 4.67. The zero-order chi connectivity index (χ0) is 21.4. The minimum atomic E-state index is -0.307. The third-order valence-electron chi connectivity index (χ3n) is 5.48. The molecule has 0 radical (unpaired) electrons. The highest BCUT2D eigenvalue weighted by Gasteiger charge is 2.22. The Morgan fingerprint density at radius 3 is 2.48 bits per heavy atom. The van der Waals surface area contributed by atoms with Crippen LogP contribution in [0.5, 0.6) is 0 Å². The molecule has 0 unspecified atom stereocenters. The summed E-state index contributed by atoms with van der Waals surface area (Å²) in [6.45, 7) is 3.92. The molecule has 5 rings (SSSR count). The van der Waals surface area contributed by atoms with Gasteiger partial charge in [-0.1, -0.05) is 67.6 Å². The summed E-state index contributed by atoms with van der Waals surface area (Å²) in [5.74, 6) is -0.307. The van der Waals surface area contributed by atoms with Crippen LogP contribution in [0.4, 0.5) is 5.69 Å². The van der Waals surface area contributed by atoms with E-state index in [-0.39, 0.29) is 11.6 Å². The van der Waals surface area contributed by atoms with E-state index < -0.39 is 0 Å². The number of hydrogen-bond acceptors (Lipinski definition) is 4. The standard InChI is InChI=1S/C25H21N5O/c1-3-21-22(20-15-9-11-17-10-7-8-14-19(17)20)24-28-27-23(16(2)30(24)29-21)25(31)26-18-12-5-4-6-13-18/h4-15H,3H2,1-2H3,(H,26,31). The fourth-order valence-electron chi connectivity index (χ4n) is 3.94. The molecule has 0 saturated carbocycles. The van der Waals surface area contributed by atoms with E-state index in [2.05, 4.69) is 46.7 Å². The summed E-state index contributed by atoms with van der Waals surface area (Å²) in [5, 5.41) is 18.7. The van der Waals surface area contributed by atoms with Crippen molar-refractivity contribution in [2.24, 2.45) is 0 Å². The Balaban J connectivity index is 1.66. The molecular weight excluding hydrogens is 386 g/mol. The zero-order valence-electron chi connectivity index (χ0n) is 17.3. The van der Waals surface area contributed by atoms with Crippen LogP contribution in [0.3, 0.4) is 0 Å². The van der Waals surface area contributed by atoms with Gasteiger partial charge in [0.25, 0.3) is 5.91 Å². The second-order valence-electron chi connectivity index (χ2n) is 7.39. The molecule has 0 saturated heterocycles. The normalized spacial score (nSPS) is 11.2. The largest absolute Gasteiger partial charge is 0.321 e. The first-order chi connectivity index (χ1) is 15.2. The van der Waals surface area contributed by atoms with Gasteiger partial charge >= 0.3 is 0 Å². The minimum Gasteiger partial charge on any atom is -0.321 e. The number of aromatic nitrogens is 4. The Bertz CT molecular complexity index is 1420. The lowest BCUT2D eigenvalue weighted by molar-refractivity contribution is 0.102. The van der Waals surface area contributed by atoms with Crippen LogP contribution in [0.15, 0.2) is 72.8 Å². The highest BCUT2D eigenvalue weighted by Crippen LogP contribution is 2.34. The van der Waals surface area contributed by atoms with Crippen molar-refractivity contribution < 1.29 is 4.79 Å². The van der Waals surface area contributed by atoms with Crippen LogP contribution in [0.1, 0.15) is 28.8 Å². The van der Waals surface area contributed by atoms with Gasteiger partial charge < -0.3 is 5.32 Å². The molecule has 152 valence electrons. The monoisotopic (exact) mass is 407 g/mol. The Hall–Kier alpha value is -4.06. The Labute approximate surface area is 179 Å². The van der Waals surface area contributed by atoms with Crippen molar-refractivity contribution in [3.8, 4) is 11.1 Å². The van der Waals surface area contributed by atoms with Crippen molar-refractivity contribution >= 4 is 28.0 Å². The summed E-state index contributed by atoms with van der Waals surface area (Å²) in [5.41, 5.74) is 5.23. The molecule has 0 aliphatic carbocycles. The van der Waals surface area contributed by atoms with Crippen molar-refractivity contribution in [3.05, 3.63) is 89.9 Å². The van der Waals surface area contributed by atoms with Crippen molar-refractivity contribution in [1.82, 2.24) is 19.8 Å². The van der Waals surface area contributed by atoms with E-state index in [4.69, 9.17) is 5.10 Å². The smallest absolute Gasteiger partial charge is 0.278 e. The van der Waals surface area contributed by atoms with Crippen molar-refractivity contribution in [2.45, 2.75) is 20.3 Å². The van der Waals surface area contributed by atoms with Crippen molar-refractivity contribution in [1.29, 1.82) is 0 Å². The average molecular weight is 407 g/mol. The average Bonchev–Trinajstić information content (AvgIpc) is 3.19. The van der Waals surface area contributed by atoms with Crippen molar-refractivity contribution in [2.75, 3.05) is 5.32 Å². The molecule has 0 aliphatic rings. The van der Waals surface area contributed by atoms with E-state index in [1.807, 2.05) is 55.5 Å². The number of nitrogens with one attached hydrogen (secondary N) is 1. The second kappa shape index (κ2) is 7.65. The number of anilines is 1. The molecule has 3 aromatic carbocycles. The zero-order valence-corrected chi connectivity index (χ0v) is 17.3. The maximum Gasteiger partial charge on any atom is 0.278 e. The molecule has 5 aromatic rings. The number of fused-ring (bicyclic) bond motifs is 2. The molecule has 6 heteroatoms. The van der Waals surface area contributed by atoms with Crippen molar-refractivity contribution in [3.63, 3.8) is 0 Å². The maximum absolute atomic E-state index is 12.8. The lowest BCUT2D eigenvalue weighted by Gasteiger charge is -2.09. The topological polar surface area (TPSA) is 72.2 Å². The van der Waals surface area contributed by atoms with Crippen LogP contribution >= 0.6 is 0 Å². The summed E-state index contributed by atoms with van der Waals surface area (Å²) in [4.78, 5) is 12.8. The second-order valence-corrected chi connectivity index (χ2v) is 7.39. The molecule has 0 fully saturated rings. The number of amides is 1. The number of rotatable bonds is 4. The van der Waals surface area contributed by atoms with Gasteiger partial charge in [-0.2, -0.15) is 5.10 Å². The molecule has 31 heavy (non-hydrogen) atoms. The van der Waals surface area contributed by atoms with Gasteiger partial charge in [0, 0.05) is 5.69 Å². The summed E-state index contributed by atoms with van der Waals surface area (Å²) >= 11 is 0. The van der Waals surface area contributed by atoms with Gasteiger partial charge in [-0.25, -0.2) is 4.52 Å². The van der Waals surface area contributed by atoms with Crippen LogP contribution in [0, 0.1) is 6.92 Å². The summed E-state index contributed by atoms with van der Waals surface area (Å²) in [6.07, 6.45) is 0.743. The van der Waals surface area contributed by atoms with Gasteiger partial charge in [-0.05, 0) is 41.8 Å². The fourth-order valence-corrected chi connectivity index (χ4v) is 3.94. The van der Waals surface area contributed by atoms with E-state index in [0.29, 0.717) is 17.0 Å². The Morgan fingerprint density at radius 2 is 1.68 bits per heavy atom. The summed E-state index contributed by atoms with van der Waals surface area (Å²) < 4.78 is 1.74. The molecule has 6 nitrogen and oxygen atoms in total. The number of para-hydroxylation sites is 1. The molecule has 1 amide bonds. The molecule has 0 spiro atoms. The van der Waals surface area contributed by atoms with E-state index in [1.54, 1.807) is 4.52 Å². The number of carbonyl (C=O) groups excluding carboxylic acids is 1. The third kappa shape index (κ3) is 3.22. The first-order valence-electron chi connectivity index (χ1n) is 10.3. The highest BCUT2D eigenvalue weighted by molar-refractivity contribution is 6.04. The minimum absolute atomic E-state index is 0.256. The predicted octanol–water partition coefficient (Wildman–Crippen LogP) is 5.07. The van der Waals surface area contributed by atoms with Gasteiger partial charge in [-0.15, -0.1) is 10.2 Å². The molecule has 0 atom stereocenters. The molecule has 1 N–H and O–H groups in total. The van der Waals surface area contributed by atoms with Gasteiger partial charge in [0.2, 0.25) is 0 Å². The fraction of sp³-hybridized carbons (Fsp3) is 0.120. The van der Waals surface area contributed by atoms with Gasteiger partial charge in [0.1, 0.15) is 0 Å². The van der Waals surface area contributed by atoms with Crippen LogP contribution in [0.25, 0.3) is 27.5 Å². The van der Waals surface area contributed by atoms with Gasteiger partial charge in [-0.3, -0.25) is 4.79 Å². The Morgan fingerprint density at radius 1 is 0.935 bits per heavy atom. The molecule has 0 aliphatic heterocycles. The van der Waals surface area contributed by atoms with Crippen LogP contribution < -0.4 is 5.32 Å². The first kappa shape index (κ1) is 18.9. The lowest BCUT2D eigenvalue weighted by atomic mass is 9.97. The van der Waals surface area contributed by atoms with Gasteiger partial charge in [0.15, 0.2) is 11.3 Å². The number of hydrogen-bond donors (Lipinski definition) is 1. The van der Waals surface area contributed by atoms with E-state index in [1.165, 1.54) is 0 Å². The SMILES string of the molecule is CCc1nn2c(C)c(C(=O)Nc3ccccc3)nnc2c1-c1cccc2ccccc12. The summed E-state index contributed by atoms with van der Waals surface area (Å²) in [7, 11) is 0. The van der Waals surface area contributed by atoms with E-state index >= 15 is 0 Å². The highest BCUT2D eigenvalue weighted by atomic mass is 16.2. The number of aryl methyl sites for hydroxylation is 2. The van der Waals surface area contributed by atoms with E-state index in [0.717, 1.165) is 34.0 Å². The van der Waals surface area contributed by atoms with Crippen LogP contribution in [-0.2, 0) is 6.42 Å². The van der Waals surface area contributed by atoms with E-state index in [9.17, 15) is 4.79 Å². The quantitative estimate of drug-likeness (QED) is 0.452. The third-order valence-corrected chi connectivity index (χ3v) is 5.48. The molecular formula is C25H21N5O. The molecule has 2 aromatic heterocycles. The van der Waals surface area contributed by atoms with Gasteiger partial charge in [0.05, 0.1) is 17.0 Å². The lowest BCUT2D eigenvalue weighted by Crippen LogP contribution is -2.18. The first-order valence-corrected chi connectivity index (χ1v) is 10.3. The number of carbonyl (C=O) groups is 1.